The van der Waals surface area contributed by atoms with Gasteiger partial charge in [0.05, 0.1) is 7.11 Å². The second kappa shape index (κ2) is 5.18. The zero-order valence-electron chi connectivity index (χ0n) is 7.62. The number of carbonyl (C=O) groups is 1. The molecule has 0 atom stereocenters. The molecule has 14 heavy (non-hydrogen) atoms. The van der Waals surface area contributed by atoms with Crippen LogP contribution in [0.25, 0.3) is 0 Å². The fraction of sp³-hybridized carbons (Fsp3) is 0.222. The zero-order chi connectivity index (χ0) is 10.4. The number of nitrogens with one attached hydrogen (secondary N) is 1. The molecule has 0 unspecified atom stereocenters. The summed E-state index contributed by atoms with van der Waals surface area (Å²) in [6.45, 7) is -0.167. The Bertz CT molecular complexity index is 299. The van der Waals surface area contributed by atoms with Crippen LogP contribution in [0.5, 0.6) is 5.75 Å². The Balaban J connectivity index is 2.38. The van der Waals surface area contributed by atoms with Gasteiger partial charge < -0.3 is 4.74 Å². The molecular formula is C9H10FNO3. The minimum absolute atomic E-state index is 0.167. The molecule has 0 radical (unpaired) electrons. The lowest BCUT2D eigenvalue weighted by Gasteiger charge is -2.05. The van der Waals surface area contributed by atoms with Gasteiger partial charge in [-0.3, -0.25) is 9.63 Å². The van der Waals surface area contributed by atoms with Crippen LogP contribution in [0.2, 0.25) is 0 Å². The van der Waals surface area contributed by atoms with Gasteiger partial charge in [-0.25, -0.2) is 9.87 Å². The van der Waals surface area contributed by atoms with Crippen molar-refractivity contribution in [3.8, 4) is 5.75 Å². The first-order chi connectivity index (χ1) is 6.72. The van der Waals surface area contributed by atoms with Crippen molar-refractivity contribution in [2.24, 2.45) is 0 Å². The van der Waals surface area contributed by atoms with E-state index >= 15 is 0 Å². The molecule has 0 heterocycles. The summed E-state index contributed by atoms with van der Waals surface area (Å²) in [5.74, 6) is -0.326. The van der Waals surface area contributed by atoms with Gasteiger partial charge in [0.1, 0.15) is 11.6 Å². The van der Waals surface area contributed by atoms with E-state index in [1.807, 2.05) is 0 Å². The highest BCUT2D eigenvalue weighted by atomic mass is 19.1. The summed E-state index contributed by atoms with van der Waals surface area (Å²) in [6, 6.07) is 5.39. The van der Waals surface area contributed by atoms with Gasteiger partial charge in [-0.1, -0.05) is 0 Å². The van der Waals surface area contributed by atoms with Crippen molar-refractivity contribution in [2.45, 2.75) is 0 Å². The van der Waals surface area contributed by atoms with E-state index in [-0.39, 0.29) is 12.4 Å². The van der Waals surface area contributed by atoms with Gasteiger partial charge in [0, 0.05) is 0 Å². The Hall–Kier alpha value is -1.62. The standard InChI is InChI=1S/C9H10FNO3/c1-13-11-9(12)6-14-8-4-2-7(10)3-5-8/h2-5H,6H2,1H3,(H,11,12). The minimum atomic E-state index is -0.406. The smallest absolute Gasteiger partial charge is 0.281 e. The van der Waals surface area contributed by atoms with Gasteiger partial charge >= 0.3 is 0 Å². The fourth-order valence-electron chi connectivity index (χ4n) is 0.823. The van der Waals surface area contributed by atoms with E-state index in [2.05, 4.69) is 10.3 Å². The summed E-state index contributed by atoms with van der Waals surface area (Å²) < 4.78 is 17.5. The third kappa shape index (κ3) is 3.40. The van der Waals surface area contributed by atoms with Crippen LogP contribution in [-0.2, 0) is 9.63 Å². The van der Waals surface area contributed by atoms with E-state index in [1.165, 1.54) is 31.4 Å². The first-order valence-corrected chi connectivity index (χ1v) is 3.92. The Labute approximate surface area is 80.6 Å². The summed E-state index contributed by atoms with van der Waals surface area (Å²) in [5, 5.41) is 0. The monoisotopic (exact) mass is 199 g/mol. The highest BCUT2D eigenvalue weighted by Crippen LogP contribution is 2.10. The largest absolute Gasteiger partial charge is 0.484 e. The number of rotatable bonds is 4. The summed E-state index contributed by atoms with van der Waals surface area (Å²) in [7, 11) is 1.33. The molecule has 0 spiro atoms. The molecule has 4 nitrogen and oxygen atoms in total. The summed E-state index contributed by atoms with van der Waals surface area (Å²) >= 11 is 0. The Morgan fingerprint density at radius 2 is 2.07 bits per heavy atom. The van der Waals surface area contributed by atoms with E-state index in [9.17, 15) is 9.18 Å². The van der Waals surface area contributed by atoms with Crippen LogP contribution in [0, 0.1) is 5.82 Å². The number of hydrogen-bond donors (Lipinski definition) is 1. The van der Waals surface area contributed by atoms with Crippen LogP contribution in [-0.4, -0.2) is 19.6 Å². The van der Waals surface area contributed by atoms with Crippen LogP contribution >= 0.6 is 0 Å². The second-order valence-corrected chi connectivity index (χ2v) is 2.47. The first-order valence-electron chi connectivity index (χ1n) is 3.92. The lowest BCUT2D eigenvalue weighted by Crippen LogP contribution is -2.27. The predicted octanol–water partition coefficient (Wildman–Crippen LogP) is 0.882. The SMILES string of the molecule is CONC(=O)COc1ccc(F)cc1. The average molecular weight is 199 g/mol. The first kappa shape index (κ1) is 10.5. The zero-order valence-corrected chi connectivity index (χ0v) is 7.62. The topological polar surface area (TPSA) is 47.6 Å². The van der Waals surface area contributed by atoms with Crippen LogP contribution in [0.3, 0.4) is 0 Å². The lowest BCUT2D eigenvalue weighted by atomic mass is 10.3. The minimum Gasteiger partial charge on any atom is -0.484 e. The molecule has 1 aromatic carbocycles. The Morgan fingerprint density at radius 1 is 1.43 bits per heavy atom. The molecule has 76 valence electrons. The highest BCUT2D eigenvalue weighted by molar-refractivity contribution is 5.76. The molecular weight excluding hydrogens is 189 g/mol. The van der Waals surface area contributed by atoms with E-state index in [0.717, 1.165) is 0 Å². The number of hydrogen-bond acceptors (Lipinski definition) is 3. The Kier molecular flexibility index (Phi) is 3.87. The van der Waals surface area contributed by atoms with E-state index in [0.29, 0.717) is 5.75 Å². The maximum Gasteiger partial charge on any atom is 0.281 e. The van der Waals surface area contributed by atoms with Crippen molar-refractivity contribution in [2.75, 3.05) is 13.7 Å². The third-order valence-electron chi connectivity index (χ3n) is 1.40. The number of benzene rings is 1. The molecule has 1 N–H and O–H groups in total. The van der Waals surface area contributed by atoms with Crippen molar-refractivity contribution < 1.29 is 18.8 Å². The van der Waals surface area contributed by atoms with Gasteiger partial charge in [0.25, 0.3) is 5.91 Å². The molecule has 1 rings (SSSR count). The molecule has 0 saturated heterocycles. The van der Waals surface area contributed by atoms with E-state index in [4.69, 9.17) is 4.74 Å². The third-order valence-corrected chi connectivity index (χ3v) is 1.40. The van der Waals surface area contributed by atoms with Gasteiger partial charge in [-0.15, -0.1) is 0 Å². The van der Waals surface area contributed by atoms with Gasteiger partial charge in [0.2, 0.25) is 0 Å². The molecule has 0 aliphatic heterocycles. The molecule has 1 amide bonds. The highest BCUT2D eigenvalue weighted by Gasteiger charge is 2.01. The molecule has 0 saturated carbocycles. The van der Waals surface area contributed by atoms with E-state index in [1.54, 1.807) is 0 Å². The number of amides is 1. The van der Waals surface area contributed by atoms with Crippen LogP contribution in [0.4, 0.5) is 4.39 Å². The molecule has 0 aromatic heterocycles. The van der Waals surface area contributed by atoms with Crippen molar-refractivity contribution >= 4 is 5.91 Å². The van der Waals surface area contributed by atoms with Crippen molar-refractivity contribution in [3.63, 3.8) is 0 Å². The molecule has 5 heteroatoms. The molecule has 0 bridgehead atoms. The normalized spacial score (nSPS) is 9.57. The molecule has 0 fully saturated rings. The van der Waals surface area contributed by atoms with Crippen LogP contribution < -0.4 is 10.2 Å². The van der Waals surface area contributed by atoms with Gasteiger partial charge in [0.15, 0.2) is 6.61 Å². The van der Waals surface area contributed by atoms with E-state index < -0.39 is 5.91 Å². The summed E-state index contributed by atoms with van der Waals surface area (Å²) in [5.41, 5.74) is 2.09. The quantitative estimate of drug-likeness (QED) is 0.732. The summed E-state index contributed by atoms with van der Waals surface area (Å²) in [6.07, 6.45) is 0. The Morgan fingerprint density at radius 3 is 2.64 bits per heavy atom. The maximum absolute atomic E-state index is 12.5. The van der Waals surface area contributed by atoms with Crippen molar-refractivity contribution in [1.82, 2.24) is 5.48 Å². The van der Waals surface area contributed by atoms with Gasteiger partial charge in [-0.05, 0) is 24.3 Å². The number of hydroxylamine groups is 1. The maximum atomic E-state index is 12.5. The van der Waals surface area contributed by atoms with Crippen LogP contribution in [0.1, 0.15) is 0 Å². The fourth-order valence-corrected chi connectivity index (χ4v) is 0.823. The molecule has 1 aromatic rings. The predicted molar refractivity (Wildman–Crippen MR) is 47.0 cm³/mol. The second-order valence-electron chi connectivity index (χ2n) is 2.47. The van der Waals surface area contributed by atoms with Crippen LogP contribution in [0.15, 0.2) is 24.3 Å². The number of ether oxygens (including phenoxy) is 1. The molecule has 0 aliphatic carbocycles. The summed E-state index contributed by atoms with van der Waals surface area (Å²) in [4.78, 5) is 15.2. The number of carbonyl (C=O) groups excluding carboxylic acids is 1. The van der Waals surface area contributed by atoms with Gasteiger partial charge in [-0.2, -0.15) is 0 Å². The number of halogens is 1. The van der Waals surface area contributed by atoms with Crippen molar-refractivity contribution in [1.29, 1.82) is 0 Å². The molecule has 0 aliphatic rings. The van der Waals surface area contributed by atoms with Crippen molar-refractivity contribution in [3.05, 3.63) is 30.1 Å². The lowest BCUT2D eigenvalue weighted by molar-refractivity contribution is -0.133. The average Bonchev–Trinajstić information content (AvgIpc) is 2.17.